The van der Waals surface area contributed by atoms with Crippen LogP contribution in [0, 0.1) is 5.92 Å². The average Bonchev–Trinajstić information content (AvgIpc) is 3.00. The minimum Gasteiger partial charge on any atom is -0.388 e. The number of amides is 1. The summed E-state index contributed by atoms with van der Waals surface area (Å²) in [4.78, 5) is 13.1. The van der Waals surface area contributed by atoms with Gasteiger partial charge in [0.1, 0.15) is 35.9 Å². The lowest BCUT2D eigenvalue weighted by Gasteiger charge is -2.44. The fraction of sp³-hybridized carbons (Fsp3) is 0.947. The molecule has 3 unspecified atom stereocenters. The summed E-state index contributed by atoms with van der Waals surface area (Å²) in [5, 5.41) is 39.7. The third-order valence-electron chi connectivity index (χ3n) is 6.44. The third kappa shape index (κ3) is 5.07. The van der Waals surface area contributed by atoms with Gasteiger partial charge in [-0.1, -0.05) is 0 Å². The van der Waals surface area contributed by atoms with Gasteiger partial charge in [-0.15, -0.1) is 23.4 Å². The number of aliphatic hydroxyl groups excluding tert-OH is 3. The molecule has 0 aromatic heterocycles. The number of fused-ring (bicyclic) bond motifs is 1. The molecule has 0 radical (unpaired) electrons. The number of alkyl halides is 1. The molecule has 11 heteroatoms. The smallest absolute Gasteiger partial charge is 0.240 e. The topological polar surface area (TPSA) is 132 Å². The first-order valence-corrected chi connectivity index (χ1v) is 12.2. The highest BCUT2D eigenvalue weighted by atomic mass is 35.5. The predicted octanol–water partition coefficient (Wildman–Crippen LogP) is -1.38. The van der Waals surface area contributed by atoms with Gasteiger partial charge in [0.05, 0.1) is 17.5 Å². The molecule has 3 saturated heterocycles. The SMILES string of the molecule is CNC1CCO[C@@H]2[C@H](CN[C@@H]2C(=O)N[C@@H]([C@H]2OC(SC)[C@H](O)C(O)[C@@H]2O)[C@H](C)Cl)C1. The molecule has 0 aromatic carbocycles. The first-order valence-electron chi connectivity index (χ1n) is 10.5. The number of carbonyl (C=O) groups excluding carboxylic acids is 1. The summed E-state index contributed by atoms with van der Waals surface area (Å²) in [6, 6.07) is -0.930. The molecule has 1 amide bonds. The molecule has 0 aromatic rings. The Bertz CT molecular complexity index is 588. The summed E-state index contributed by atoms with van der Waals surface area (Å²) in [5.74, 6) is -0.0537. The molecule has 0 saturated carbocycles. The zero-order valence-electron chi connectivity index (χ0n) is 17.5. The predicted molar refractivity (Wildman–Crippen MR) is 115 cm³/mol. The zero-order chi connectivity index (χ0) is 22.0. The Morgan fingerprint density at radius 1 is 1.27 bits per heavy atom. The van der Waals surface area contributed by atoms with Crippen molar-refractivity contribution in [1.82, 2.24) is 16.0 Å². The minimum atomic E-state index is -1.39. The van der Waals surface area contributed by atoms with Gasteiger partial charge in [-0.3, -0.25) is 4.79 Å². The Balaban J connectivity index is 1.70. The van der Waals surface area contributed by atoms with Gasteiger partial charge in [0.2, 0.25) is 5.91 Å². The Labute approximate surface area is 186 Å². The van der Waals surface area contributed by atoms with Crippen LogP contribution in [0.1, 0.15) is 19.8 Å². The van der Waals surface area contributed by atoms with Gasteiger partial charge in [0.25, 0.3) is 0 Å². The van der Waals surface area contributed by atoms with Gasteiger partial charge >= 0.3 is 0 Å². The van der Waals surface area contributed by atoms with Crippen molar-refractivity contribution in [1.29, 1.82) is 0 Å². The van der Waals surface area contributed by atoms with Gasteiger partial charge < -0.3 is 40.7 Å². The second-order valence-corrected chi connectivity index (χ2v) is 10.0. The van der Waals surface area contributed by atoms with Crippen molar-refractivity contribution in [3.8, 4) is 0 Å². The number of ether oxygens (including phenoxy) is 2. The molecule has 3 aliphatic rings. The molecule has 3 rings (SSSR count). The van der Waals surface area contributed by atoms with E-state index in [2.05, 4.69) is 16.0 Å². The number of rotatable bonds is 6. The standard InChI is InChI=1S/C19H34ClN3O6S/c1-8(20)11(17-14(25)13(24)15(26)19(29-17)30-3)23-18(27)12-16-9(7-22-12)6-10(21-2)4-5-28-16/h8-17,19,21-22,24-26H,4-7H2,1-3H3,(H,23,27)/t8-,9-,10?,11+,12-,13?,14-,15+,16+,17+,19?/m0/s1. The van der Waals surface area contributed by atoms with Crippen molar-refractivity contribution in [2.24, 2.45) is 5.92 Å². The third-order valence-corrected chi connectivity index (χ3v) is 7.57. The first-order chi connectivity index (χ1) is 14.3. The van der Waals surface area contributed by atoms with Crippen LogP contribution in [0.2, 0.25) is 0 Å². The van der Waals surface area contributed by atoms with Crippen LogP contribution in [0.15, 0.2) is 0 Å². The summed E-state index contributed by atoms with van der Waals surface area (Å²) in [6.45, 7) is 2.96. The molecular weight excluding hydrogens is 434 g/mol. The van der Waals surface area contributed by atoms with Gasteiger partial charge in [0, 0.05) is 25.1 Å². The monoisotopic (exact) mass is 467 g/mol. The molecule has 9 nitrogen and oxygen atoms in total. The van der Waals surface area contributed by atoms with E-state index >= 15 is 0 Å². The normalized spacial score (nSPS) is 44.0. The maximum atomic E-state index is 13.1. The van der Waals surface area contributed by atoms with Crippen molar-refractivity contribution >= 4 is 29.3 Å². The quantitative estimate of drug-likeness (QED) is 0.262. The molecule has 3 aliphatic heterocycles. The molecule has 3 fully saturated rings. The van der Waals surface area contributed by atoms with E-state index in [0.717, 1.165) is 12.8 Å². The molecule has 6 N–H and O–H groups in total. The first kappa shape index (κ1) is 24.5. The van der Waals surface area contributed by atoms with Crippen LogP contribution in [-0.4, -0.2) is 107 Å². The van der Waals surface area contributed by atoms with Crippen LogP contribution in [-0.2, 0) is 14.3 Å². The minimum absolute atomic E-state index is 0.224. The lowest BCUT2D eigenvalue weighted by molar-refractivity contribution is -0.205. The zero-order valence-corrected chi connectivity index (χ0v) is 19.1. The van der Waals surface area contributed by atoms with E-state index in [1.807, 2.05) is 7.05 Å². The van der Waals surface area contributed by atoms with E-state index < -0.39 is 47.3 Å². The summed E-state index contributed by atoms with van der Waals surface area (Å²) in [6.07, 6.45) is -1.65. The van der Waals surface area contributed by atoms with Crippen LogP contribution in [0.5, 0.6) is 0 Å². The lowest BCUT2D eigenvalue weighted by Crippen LogP contribution is -2.65. The van der Waals surface area contributed by atoms with E-state index in [-0.39, 0.29) is 17.9 Å². The van der Waals surface area contributed by atoms with Crippen LogP contribution >= 0.6 is 23.4 Å². The number of halogens is 1. The average molecular weight is 468 g/mol. The molecular formula is C19H34ClN3O6S. The highest BCUT2D eigenvalue weighted by Gasteiger charge is 2.49. The molecule has 30 heavy (non-hydrogen) atoms. The molecule has 174 valence electrons. The Morgan fingerprint density at radius 2 is 2.00 bits per heavy atom. The summed E-state index contributed by atoms with van der Waals surface area (Å²) < 4.78 is 11.8. The van der Waals surface area contributed by atoms with Gasteiger partial charge in [0.15, 0.2) is 0 Å². The fourth-order valence-corrected chi connectivity index (χ4v) is 5.53. The molecule has 11 atom stereocenters. The van der Waals surface area contributed by atoms with E-state index in [4.69, 9.17) is 21.1 Å². The second-order valence-electron chi connectivity index (χ2n) is 8.38. The largest absolute Gasteiger partial charge is 0.388 e. The number of hydrogen-bond acceptors (Lipinski definition) is 9. The maximum Gasteiger partial charge on any atom is 0.240 e. The number of aliphatic hydroxyl groups is 3. The summed E-state index contributed by atoms with van der Waals surface area (Å²) >= 11 is 7.57. The fourth-order valence-electron chi connectivity index (χ4n) is 4.64. The van der Waals surface area contributed by atoms with Crippen LogP contribution in [0.3, 0.4) is 0 Å². The van der Waals surface area contributed by atoms with Crippen LogP contribution in [0.25, 0.3) is 0 Å². The maximum absolute atomic E-state index is 13.1. The van der Waals surface area contributed by atoms with Crippen LogP contribution < -0.4 is 16.0 Å². The Hall–Kier alpha value is -0.170. The number of thioether (sulfide) groups is 1. The summed E-state index contributed by atoms with van der Waals surface area (Å²) in [7, 11) is 1.94. The highest BCUT2D eigenvalue weighted by Crippen LogP contribution is 2.31. The molecule has 0 spiro atoms. The van der Waals surface area contributed by atoms with Crippen molar-refractivity contribution in [3.63, 3.8) is 0 Å². The van der Waals surface area contributed by atoms with Gasteiger partial charge in [-0.2, -0.15) is 0 Å². The summed E-state index contributed by atoms with van der Waals surface area (Å²) in [5.41, 5.74) is -0.735. The number of nitrogens with one attached hydrogen (secondary N) is 3. The molecule has 0 aliphatic carbocycles. The van der Waals surface area contributed by atoms with E-state index in [1.165, 1.54) is 11.8 Å². The number of carbonyl (C=O) groups is 1. The van der Waals surface area contributed by atoms with Crippen molar-refractivity contribution < 1.29 is 29.6 Å². The molecule has 3 heterocycles. The van der Waals surface area contributed by atoms with Crippen molar-refractivity contribution in [2.75, 3.05) is 26.5 Å². The lowest BCUT2D eigenvalue weighted by atomic mass is 9.92. The van der Waals surface area contributed by atoms with Crippen molar-refractivity contribution in [2.45, 2.75) is 79.2 Å². The van der Waals surface area contributed by atoms with E-state index in [1.54, 1.807) is 13.2 Å². The highest BCUT2D eigenvalue weighted by molar-refractivity contribution is 7.99. The molecule has 0 bridgehead atoms. The van der Waals surface area contributed by atoms with Crippen molar-refractivity contribution in [3.05, 3.63) is 0 Å². The Kier molecular flexibility index (Phi) is 8.67. The Morgan fingerprint density at radius 3 is 2.63 bits per heavy atom. The van der Waals surface area contributed by atoms with Gasteiger partial charge in [-0.05, 0) is 33.1 Å². The van der Waals surface area contributed by atoms with Gasteiger partial charge in [-0.25, -0.2) is 0 Å². The second kappa shape index (κ2) is 10.6. The number of hydrogen-bond donors (Lipinski definition) is 6. The van der Waals surface area contributed by atoms with Crippen LogP contribution in [0.4, 0.5) is 0 Å². The van der Waals surface area contributed by atoms with E-state index in [0.29, 0.717) is 19.2 Å². The van der Waals surface area contributed by atoms with E-state index in [9.17, 15) is 20.1 Å².